The zero-order chi connectivity index (χ0) is 16.3. The highest BCUT2D eigenvalue weighted by Gasteiger charge is 2.16. The standard InChI is InChI=1S/C17H23N3OS/c1-11(2)13-6-5-7-14(12(3)4)16(13)19-15(21)10-20-8-9-22-17(20)18/h5-9,11-12,18H,10H2,1-4H3,(H,19,21). The second-order valence-electron chi connectivity index (χ2n) is 6.01. The molecule has 0 atom stereocenters. The molecule has 5 heteroatoms. The van der Waals surface area contributed by atoms with Crippen LogP contribution in [-0.2, 0) is 11.3 Å². The molecule has 1 amide bonds. The first-order valence-electron chi connectivity index (χ1n) is 7.51. The molecule has 0 spiro atoms. The molecule has 0 saturated heterocycles. The number of thiazole rings is 1. The Bertz CT molecular complexity index is 686. The van der Waals surface area contributed by atoms with Crippen LogP contribution in [0.1, 0.15) is 50.7 Å². The first-order valence-corrected chi connectivity index (χ1v) is 8.39. The van der Waals surface area contributed by atoms with Crippen LogP contribution >= 0.6 is 11.3 Å². The average molecular weight is 317 g/mol. The Morgan fingerprint density at radius 2 is 1.82 bits per heavy atom. The van der Waals surface area contributed by atoms with Gasteiger partial charge >= 0.3 is 0 Å². The number of benzene rings is 1. The number of hydrogen-bond acceptors (Lipinski definition) is 3. The van der Waals surface area contributed by atoms with Crippen molar-refractivity contribution >= 4 is 22.9 Å². The molecule has 118 valence electrons. The zero-order valence-electron chi connectivity index (χ0n) is 13.5. The van der Waals surface area contributed by atoms with E-state index in [1.165, 1.54) is 11.3 Å². The monoisotopic (exact) mass is 317 g/mol. The summed E-state index contributed by atoms with van der Waals surface area (Å²) in [5.74, 6) is 0.593. The summed E-state index contributed by atoms with van der Waals surface area (Å²) in [5, 5.41) is 12.6. The SMILES string of the molecule is CC(C)c1cccc(C(C)C)c1NC(=O)Cn1ccsc1=N. The van der Waals surface area contributed by atoms with Gasteiger partial charge < -0.3 is 9.88 Å². The number of rotatable bonds is 5. The number of para-hydroxylation sites is 1. The molecular formula is C17H23N3OS. The molecule has 0 fully saturated rings. The molecule has 2 rings (SSSR count). The molecule has 0 bridgehead atoms. The van der Waals surface area contributed by atoms with Crippen LogP contribution in [0.5, 0.6) is 0 Å². The number of anilines is 1. The summed E-state index contributed by atoms with van der Waals surface area (Å²) in [6.45, 7) is 8.69. The van der Waals surface area contributed by atoms with E-state index in [0.717, 1.165) is 16.8 Å². The predicted molar refractivity (Wildman–Crippen MR) is 91.4 cm³/mol. The molecule has 1 heterocycles. The molecular weight excluding hydrogens is 294 g/mol. The van der Waals surface area contributed by atoms with Crippen molar-refractivity contribution in [3.05, 3.63) is 45.7 Å². The lowest BCUT2D eigenvalue weighted by Crippen LogP contribution is -2.25. The minimum atomic E-state index is -0.0908. The van der Waals surface area contributed by atoms with E-state index >= 15 is 0 Å². The molecule has 1 aromatic carbocycles. The van der Waals surface area contributed by atoms with Crippen molar-refractivity contribution in [2.24, 2.45) is 0 Å². The lowest BCUT2D eigenvalue weighted by atomic mass is 9.92. The highest BCUT2D eigenvalue weighted by Crippen LogP contribution is 2.32. The molecule has 22 heavy (non-hydrogen) atoms. The quantitative estimate of drug-likeness (QED) is 0.863. The molecule has 0 unspecified atom stereocenters. The van der Waals surface area contributed by atoms with Gasteiger partial charge in [0, 0.05) is 17.3 Å². The fourth-order valence-corrected chi connectivity index (χ4v) is 3.05. The van der Waals surface area contributed by atoms with Crippen molar-refractivity contribution in [3.63, 3.8) is 0 Å². The Morgan fingerprint density at radius 3 is 2.27 bits per heavy atom. The number of carbonyl (C=O) groups is 1. The Morgan fingerprint density at radius 1 is 1.23 bits per heavy atom. The smallest absolute Gasteiger partial charge is 0.244 e. The van der Waals surface area contributed by atoms with Crippen LogP contribution in [0.25, 0.3) is 0 Å². The summed E-state index contributed by atoms with van der Waals surface area (Å²) in [7, 11) is 0. The molecule has 2 aromatic rings. The van der Waals surface area contributed by atoms with E-state index in [1.807, 2.05) is 5.38 Å². The summed E-state index contributed by atoms with van der Waals surface area (Å²) in [6, 6.07) is 6.19. The lowest BCUT2D eigenvalue weighted by molar-refractivity contribution is -0.116. The second-order valence-corrected chi connectivity index (χ2v) is 6.90. The third kappa shape index (κ3) is 3.65. The topological polar surface area (TPSA) is 57.9 Å². The third-order valence-corrected chi connectivity index (χ3v) is 4.35. The van der Waals surface area contributed by atoms with Crippen LogP contribution in [0.4, 0.5) is 5.69 Å². The average Bonchev–Trinajstić information content (AvgIpc) is 2.83. The number of nitrogens with one attached hydrogen (secondary N) is 2. The summed E-state index contributed by atoms with van der Waals surface area (Å²) < 4.78 is 1.65. The number of amides is 1. The molecule has 2 N–H and O–H groups in total. The van der Waals surface area contributed by atoms with Crippen LogP contribution in [0, 0.1) is 5.41 Å². The van der Waals surface area contributed by atoms with Gasteiger partial charge in [-0.1, -0.05) is 45.9 Å². The highest BCUT2D eigenvalue weighted by molar-refractivity contribution is 7.06. The van der Waals surface area contributed by atoms with E-state index in [4.69, 9.17) is 5.41 Å². The fourth-order valence-electron chi connectivity index (χ4n) is 2.46. The van der Waals surface area contributed by atoms with Crippen molar-refractivity contribution in [2.75, 3.05) is 5.32 Å². The van der Waals surface area contributed by atoms with E-state index in [9.17, 15) is 4.79 Å². The Balaban J connectivity index is 2.29. The summed E-state index contributed by atoms with van der Waals surface area (Å²) in [4.78, 5) is 12.8. The van der Waals surface area contributed by atoms with Gasteiger partial charge in [0.1, 0.15) is 6.54 Å². The van der Waals surface area contributed by atoms with E-state index in [2.05, 4.69) is 51.2 Å². The first kappa shape index (κ1) is 16.5. The van der Waals surface area contributed by atoms with Gasteiger partial charge in [-0.3, -0.25) is 10.2 Å². The number of nitrogens with zero attached hydrogens (tertiary/aromatic N) is 1. The Labute approximate surface area is 135 Å². The van der Waals surface area contributed by atoms with Gasteiger partial charge in [0.2, 0.25) is 5.91 Å². The molecule has 1 aromatic heterocycles. The van der Waals surface area contributed by atoms with Crippen LogP contribution in [0.3, 0.4) is 0 Å². The molecule has 0 aliphatic rings. The summed E-state index contributed by atoms with van der Waals surface area (Å²) >= 11 is 1.32. The van der Waals surface area contributed by atoms with E-state index in [0.29, 0.717) is 16.6 Å². The number of aromatic nitrogens is 1. The lowest BCUT2D eigenvalue weighted by Gasteiger charge is -2.20. The van der Waals surface area contributed by atoms with E-state index in [-0.39, 0.29) is 12.5 Å². The van der Waals surface area contributed by atoms with Gasteiger partial charge in [0.15, 0.2) is 4.80 Å². The zero-order valence-corrected chi connectivity index (χ0v) is 14.3. The van der Waals surface area contributed by atoms with Gasteiger partial charge in [-0.2, -0.15) is 0 Å². The molecule has 0 radical (unpaired) electrons. The molecule has 0 aliphatic carbocycles. The Kier molecular flexibility index (Phi) is 5.19. The van der Waals surface area contributed by atoms with Gasteiger partial charge in [0.25, 0.3) is 0 Å². The normalized spacial score (nSPS) is 11.2. The van der Waals surface area contributed by atoms with Crippen molar-refractivity contribution in [3.8, 4) is 0 Å². The third-order valence-electron chi connectivity index (χ3n) is 3.63. The van der Waals surface area contributed by atoms with Crippen molar-refractivity contribution in [1.29, 1.82) is 5.41 Å². The van der Waals surface area contributed by atoms with Gasteiger partial charge in [0.05, 0.1) is 0 Å². The minimum absolute atomic E-state index is 0.0908. The van der Waals surface area contributed by atoms with Crippen molar-refractivity contribution in [2.45, 2.75) is 46.1 Å². The van der Waals surface area contributed by atoms with Crippen molar-refractivity contribution < 1.29 is 4.79 Å². The van der Waals surface area contributed by atoms with Gasteiger partial charge in [-0.25, -0.2) is 0 Å². The molecule has 4 nitrogen and oxygen atoms in total. The van der Waals surface area contributed by atoms with Crippen LogP contribution in [-0.4, -0.2) is 10.5 Å². The Hall–Kier alpha value is -1.88. The minimum Gasteiger partial charge on any atom is -0.324 e. The van der Waals surface area contributed by atoms with Gasteiger partial charge in [-0.15, -0.1) is 11.3 Å². The van der Waals surface area contributed by atoms with Crippen LogP contribution in [0.2, 0.25) is 0 Å². The van der Waals surface area contributed by atoms with E-state index < -0.39 is 0 Å². The maximum absolute atomic E-state index is 12.4. The van der Waals surface area contributed by atoms with E-state index in [1.54, 1.807) is 10.8 Å². The summed E-state index contributed by atoms with van der Waals surface area (Å²) in [6.07, 6.45) is 1.77. The predicted octanol–water partition coefficient (Wildman–Crippen LogP) is 3.91. The molecule has 0 aliphatic heterocycles. The van der Waals surface area contributed by atoms with Crippen LogP contribution < -0.4 is 10.1 Å². The maximum Gasteiger partial charge on any atom is 0.244 e. The number of carbonyl (C=O) groups excluding carboxylic acids is 1. The van der Waals surface area contributed by atoms with Crippen LogP contribution in [0.15, 0.2) is 29.8 Å². The van der Waals surface area contributed by atoms with Gasteiger partial charge in [-0.05, 0) is 23.0 Å². The maximum atomic E-state index is 12.4. The molecule has 0 saturated carbocycles. The highest BCUT2D eigenvalue weighted by atomic mass is 32.1. The largest absolute Gasteiger partial charge is 0.324 e. The second kappa shape index (κ2) is 6.92. The first-order chi connectivity index (χ1) is 10.4. The van der Waals surface area contributed by atoms with Crippen molar-refractivity contribution in [1.82, 2.24) is 4.57 Å². The summed E-state index contributed by atoms with van der Waals surface area (Å²) in [5.41, 5.74) is 3.24. The fraction of sp³-hybridized carbons (Fsp3) is 0.412. The number of hydrogen-bond donors (Lipinski definition) is 2.